The monoisotopic (exact) mass is 226 g/mol. The van der Waals surface area contributed by atoms with E-state index in [1.165, 1.54) is 10.8 Å². The van der Waals surface area contributed by atoms with Gasteiger partial charge in [-0.15, -0.1) is 11.3 Å². The Balaban J connectivity index is 2.18. The molecule has 2 nitrogen and oxygen atoms in total. The second-order valence-electron chi connectivity index (χ2n) is 3.64. The van der Waals surface area contributed by atoms with Crippen LogP contribution in [-0.4, -0.2) is 4.98 Å². The van der Waals surface area contributed by atoms with Crippen LogP contribution < -0.4 is 5.73 Å². The number of nitrogens with two attached hydrogens (primary N) is 1. The van der Waals surface area contributed by atoms with Crippen LogP contribution in [0.4, 0.5) is 5.82 Å². The lowest BCUT2D eigenvalue weighted by Crippen LogP contribution is -1.83. The SMILES string of the molecule is Nc1csc(-c2ccc3ccccc3c2)n1. The van der Waals surface area contributed by atoms with E-state index in [0.717, 1.165) is 10.6 Å². The summed E-state index contributed by atoms with van der Waals surface area (Å²) < 4.78 is 0. The highest BCUT2D eigenvalue weighted by Crippen LogP contribution is 2.27. The molecule has 0 aliphatic carbocycles. The molecule has 3 aromatic rings. The Kier molecular flexibility index (Phi) is 2.11. The standard InChI is InChI=1S/C13H10N2S/c14-12-8-16-13(15-12)11-6-5-9-3-1-2-4-10(9)7-11/h1-8H,14H2. The van der Waals surface area contributed by atoms with Gasteiger partial charge in [0.05, 0.1) is 0 Å². The van der Waals surface area contributed by atoms with Gasteiger partial charge in [-0.3, -0.25) is 0 Å². The molecule has 0 atom stereocenters. The number of thiazole rings is 1. The fraction of sp³-hybridized carbons (Fsp3) is 0. The number of rotatable bonds is 1. The number of anilines is 1. The molecule has 0 saturated carbocycles. The Hall–Kier alpha value is -1.87. The molecule has 0 unspecified atom stereocenters. The quantitative estimate of drug-likeness (QED) is 0.689. The number of benzene rings is 2. The summed E-state index contributed by atoms with van der Waals surface area (Å²) in [5.41, 5.74) is 6.75. The molecule has 0 aliphatic heterocycles. The highest BCUT2D eigenvalue weighted by atomic mass is 32.1. The van der Waals surface area contributed by atoms with Crippen molar-refractivity contribution in [3.05, 3.63) is 47.8 Å². The Labute approximate surface area is 97.4 Å². The third-order valence-corrected chi connectivity index (χ3v) is 3.43. The normalized spacial score (nSPS) is 10.8. The van der Waals surface area contributed by atoms with Gasteiger partial charge in [-0.25, -0.2) is 4.98 Å². The van der Waals surface area contributed by atoms with Crippen LogP contribution in [0.2, 0.25) is 0 Å². The fourth-order valence-electron chi connectivity index (χ4n) is 1.74. The van der Waals surface area contributed by atoms with Crippen molar-refractivity contribution in [2.45, 2.75) is 0 Å². The first kappa shape index (κ1) is 9.36. The van der Waals surface area contributed by atoms with Crippen LogP contribution in [0, 0.1) is 0 Å². The Morgan fingerprint density at radius 1 is 1.00 bits per heavy atom. The average molecular weight is 226 g/mol. The van der Waals surface area contributed by atoms with Crippen LogP contribution in [0.5, 0.6) is 0 Å². The first-order valence-electron chi connectivity index (χ1n) is 5.03. The van der Waals surface area contributed by atoms with Crippen LogP contribution in [0.3, 0.4) is 0 Å². The second-order valence-corrected chi connectivity index (χ2v) is 4.50. The molecule has 0 spiro atoms. The van der Waals surface area contributed by atoms with Crippen LogP contribution in [0.1, 0.15) is 0 Å². The maximum absolute atomic E-state index is 5.63. The van der Waals surface area contributed by atoms with Crippen molar-refractivity contribution in [2.24, 2.45) is 0 Å². The zero-order chi connectivity index (χ0) is 11.0. The summed E-state index contributed by atoms with van der Waals surface area (Å²) in [5.74, 6) is 0.591. The summed E-state index contributed by atoms with van der Waals surface area (Å²) in [6.07, 6.45) is 0. The second kappa shape index (κ2) is 3.61. The van der Waals surface area contributed by atoms with Gasteiger partial charge in [0, 0.05) is 10.9 Å². The van der Waals surface area contributed by atoms with Crippen molar-refractivity contribution < 1.29 is 0 Å². The van der Waals surface area contributed by atoms with Gasteiger partial charge in [0.2, 0.25) is 0 Å². The molecule has 78 valence electrons. The zero-order valence-corrected chi connectivity index (χ0v) is 9.37. The highest BCUT2D eigenvalue weighted by molar-refractivity contribution is 7.13. The Morgan fingerprint density at radius 2 is 1.81 bits per heavy atom. The van der Waals surface area contributed by atoms with Crippen LogP contribution >= 0.6 is 11.3 Å². The van der Waals surface area contributed by atoms with Crippen molar-refractivity contribution in [2.75, 3.05) is 5.73 Å². The summed E-state index contributed by atoms with van der Waals surface area (Å²) >= 11 is 1.58. The van der Waals surface area contributed by atoms with Gasteiger partial charge in [0.25, 0.3) is 0 Å². The Bertz CT molecular complexity index is 643. The van der Waals surface area contributed by atoms with Crippen molar-refractivity contribution in [1.82, 2.24) is 4.98 Å². The van der Waals surface area contributed by atoms with Crippen molar-refractivity contribution >= 4 is 27.9 Å². The lowest BCUT2D eigenvalue weighted by molar-refractivity contribution is 1.42. The maximum atomic E-state index is 5.63. The molecule has 0 radical (unpaired) electrons. The van der Waals surface area contributed by atoms with Gasteiger partial charge < -0.3 is 5.73 Å². The van der Waals surface area contributed by atoms with E-state index in [4.69, 9.17) is 5.73 Å². The number of aromatic nitrogens is 1. The van der Waals surface area contributed by atoms with E-state index in [-0.39, 0.29) is 0 Å². The van der Waals surface area contributed by atoms with E-state index in [9.17, 15) is 0 Å². The largest absolute Gasteiger partial charge is 0.383 e. The third-order valence-electron chi connectivity index (χ3n) is 2.52. The molecule has 0 amide bonds. The summed E-state index contributed by atoms with van der Waals surface area (Å²) in [5, 5.41) is 5.32. The van der Waals surface area contributed by atoms with E-state index >= 15 is 0 Å². The van der Waals surface area contributed by atoms with Gasteiger partial charge in [0.15, 0.2) is 0 Å². The molecule has 1 heterocycles. The zero-order valence-electron chi connectivity index (χ0n) is 8.55. The smallest absolute Gasteiger partial charge is 0.135 e. The molecule has 0 bridgehead atoms. The van der Waals surface area contributed by atoms with Crippen molar-refractivity contribution in [3.63, 3.8) is 0 Å². The molecule has 2 aromatic carbocycles. The summed E-state index contributed by atoms with van der Waals surface area (Å²) in [6.45, 7) is 0. The van der Waals surface area contributed by atoms with E-state index in [2.05, 4.69) is 35.3 Å². The minimum atomic E-state index is 0.591. The van der Waals surface area contributed by atoms with Crippen LogP contribution in [0.25, 0.3) is 21.3 Å². The lowest BCUT2D eigenvalue weighted by atomic mass is 10.1. The van der Waals surface area contributed by atoms with Gasteiger partial charge in [-0.2, -0.15) is 0 Å². The summed E-state index contributed by atoms with van der Waals surface area (Å²) in [4.78, 5) is 4.28. The molecule has 0 saturated heterocycles. The number of hydrogen-bond acceptors (Lipinski definition) is 3. The number of hydrogen-bond donors (Lipinski definition) is 1. The molecule has 1 aromatic heterocycles. The van der Waals surface area contributed by atoms with Gasteiger partial charge in [0.1, 0.15) is 10.8 Å². The molecule has 3 heteroatoms. The average Bonchev–Trinajstić information content (AvgIpc) is 2.75. The fourth-order valence-corrected chi connectivity index (χ4v) is 2.45. The molecule has 16 heavy (non-hydrogen) atoms. The molecular formula is C13H10N2S. The van der Waals surface area contributed by atoms with Gasteiger partial charge in [-0.05, 0) is 16.8 Å². The topological polar surface area (TPSA) is 38.9 Å². The molecule has 2 N–H and O–H groups in total. The number of nitrogen functional groups attached to an aromatic ring is 1. The van der Waals surface area contributed by atoms with Crippen LogP contribution in [0.15, 0.2) is 47.8 Å². The van der Waals surface area contributed by atoms with Gasteiger partial charge >= 0.3 is 0 Å². The third kappa shape index (κ3) is 1.55. The summed E-state index contributed by atoms with van der Waals surface area (Å²) in [6, 6.07) is 14.6. The minimum absolute atomic E-state index is 0.591. The highest BCUT2D eigenvalue weighted by Gasteiger charge is 2.03. The molecule has 0 aliphatic rings. The predicted molar refractivity (Wildman–Crippen MR) is 69.5 cm³/mol. The molecule has 0 fully saturated rings. The Morgan fingerprint density at radius 3 is 2.56 bits per heavy atom. The van der Waals surface area contributed by atoms with E-state index in [1.54, 1.807) is 11.3 Å². The van der Waals surface area contributed by atoms with Crippen LogP contribution in [-0.2, 0) is 0 Å². The maximum Gasteiger partial charge on any atom is 0.135 e. The predicted octanol–water partition coefficient (Wildman–Crippen LogP) is 3.55. The van der Waals surface area contributed by atoms with Crippen molar-refractivity contribution in [3.8, 4) is 10.6 Å². The first-order chi connectivity index (χ1) is 7.83. The van der Waals surface area contributed by atoms with Gasteiger partial charge in [-0.1, -0.05) is 36.4 Å². The van der Waals surface area contributed by atoms with Crippen molar-refractivity contribution in [1.29, 1.82) is 0 Å². The first-order valence-corrected chi connectivity index (χ1v) is 5.91. The molecular weight excluding hydrogens is 216 g/mol. The lowest BCUT2D eigenvalue weighted by Gasteiger charge is -2.00. The molecule has 3 rings (SSSR count). The van der Waals surface area contributed by atoms with E-state index in [0.29, 0.717) is 5.82 Å². The number of nitrogens with zero attached hydrogens (tertiary/aromatic N) is 1. The van der Waals surface area contributed by atoms with E-state index in [1.807, 2.05) is 17.5 Å². The minimum Gasteiger partial charge on any atom is -0.383 e. The number of fused-ring (bicyclic) bond motifs is 1. The van der Waals surface area contributed by atoms with E-state index < -0.39 is 0 Å². The summed E-state index contributed by atoms with van der Waals surface area (Å²) in [7, 11) is 0.